The first-order valence-corrected chi connectivity index (χ1v) is 11.9. The van der Waals surface area contributed by atoms with E-state index in [1.54, 1.807) is 17.0 Å². The van der Waals surface area contributed by atoms with E-state index in [0.717, 1.165) is 5.69 Å². The third-order valence-electron chi connectivity index (χ3n) is 5.48. The van der Waals surface area contributed by atoms with Gasteiger partial charge in [-0.2, -0.15) is 5.10 Å². The van der Waals surface area contributed by atoms with Crippen molar-refractivity contribution in [3.63, 3.8) is 0 Å². The topological polar surface area (TPSA) is 105 Å². The van der Waals surface area contributed by atoms with Gasteiger partial charge in [0.1, 0.15) is 0 Å². The first-order chi connectivity index (χ1) is 13.5. The van der Waals surface area contributed by atoms with E-state index < -0.39 is 9.84 Å². The van der Waals surface area contributed by atoms with Gasteiger partial charge in [-0.1, -0.05) is 20.8 Å². The van der Waals surface area contributed by atoms with Crippen LogP contribution in [0.25, 0.3) is 0 Å². The zero-order valence-corrected chi connectivity index (χ0v) is 18.2. The molecule has 9 nitrogen and oxygen atoms in total. The lowest BCUT2D eigenvalue weighted by molar-refractivity contribution is 0.134. The number of nitrogens with one attached hydrogen (secondary N) is 1. The lowest BCUT2D eigenvalue weighted by Crippen LogP contribution is -2.54. The van der Waals surface area contributed by atoms with Crippen LogP contribution in [0.4, 0.5) is 4.79 Å². The van der Waals surface area contributed by atoms with Crippen LogP contribution >= 0.6 is 0 Å². The number of sulfone groups is 1. The second-order valence-electron chi connectivity index (χ2n) is 8.91. The fraction of sp³-hybridized carbons (Fsp3) is 0.737. The number of piperazine rings is 1. The summed E-state index contributed by atoms with van der Waals surface area (Å²) in [5, 5.41) is 7.33. The minimum atomic E-state index is -3.01. The Labute approximate surface area is 172 Å². The Balaban J connectivity index is 1.47. The predicted octanol–water partition coefficient (Wildman–Crippen LogP) is 0.0551. The van der Waals surface area contributed by atoms with Crippen LogP contribution in [0, 0.1) is 0 Å². The van der Waals surface area contributed by atoms with Crippen LogP contribution in [-0.2, 0) is 21.8 Å². The van der Waals surface area contributed by atoms with Gasteiger partial charge in [0.15, 0.2) is 9.84 Å². The average Bonchev–Trinajstić information content (AvgIpc) is 2.98. The molecule has 0 saturated carbocycles. The van der Waals surface area contributed by atoms with Crippen LogP contribution in [-0.4, -0.2) is 84.3 Å². The maximum absolute atomic E-state index is 12.4. The third kappa shape index (κ3) is 5.79. The summed E-state index contributed by atoms with van der Waals surface area (Å²) >= 11 is 0. The fourth-order valence-electron chi connectivity index (χ4n) is 3.59. The summed E-state index contributed by atoms with van der Waals surface area (Å²) < 4.78 is 24.6. The fourth-order valence-corrected chi connectivity index (χ4v) is 5.27. The molecule has 2 fully saturated rings. The van der Waals surface area contributed by atoms with E-state index in [9.17, 15) is 18.0 Å². The SMILES string of the molecule is CC(C)(C)c1ccc(=O)n(CCN2CCN(C(=O)NC3CCS(=O)(=O)C3)CC2)n1. The van der Waals surface area contributed by atoms with Crippen molar-refractivity contribution in [2.24, 2.45) is 0 Å². The van der Waals surface area contributed by atoms with Gasteiger partial charge < -0.3 is 10.2 Å². The number of amides is 2. The standard InChI is InChI=1S/C19H31N5O4S/c1-19(2,3)16-4-5-17(25)24(21-16)12-9-22-7-10-23(11-8-22)18(26)20-15-6-13-29(27,28)14-15/h4-5,15H,6-14H2,1-3H3,(H,20,26). The Hall–Kier alpha value is -1.94. The molecule has 0 spiro atoms. The van der Waals surface area contributed by atoms with Crippen molar-refractivity contribution < 1.29 is 13.2 Å². The number of hydrogen-bond acceptors (Lipinski definition) is 6. The van der Waals surface area contributed by atoms with Crippen molar-refractivity contribution >= 4 is 15.9 Å². The number of nitrogens with zero attached hydrogens (tertiary/aromatic N) is 4. The molecule has 10 heteroatoms. The number of rotatable bonds is 4. The van der Waals surface area contributed by atoms with Crippen molar-refractivity contribution in [3.8, 4) is 0 Å². The third-order valence-corrected chi connectivity index (χ3v) is 7.25. The Morgan fingerprint density at radius 1 is 1.17 bits per heavy atom. The van der Waals surface area contributed by atoms with Gasteiger partial charge in [0.25, 0.3) is 5.56 Å². The molecule has 2 aliphatic rings. The average molecular weight is 426 g/mol. The van der Waals surface area contributed by atoms with E-state index in [1.807, 2.05) is 0 Å². The zero-order valence-electron chi connectivity index (χ0n) is 17.4. The van der Waals surface area contributed by atoms with Crippen molar-refractivity contribution in [1.82, 2.24) is 24.9 Å². The molecule has 0 aliphatic carbocycles. The van der Waals surface area contributed by atoms with Gasteiger partial charge in [0, 0.05) is 50.2 Å². The molecule has 162 valence electrons. The number of carbonyl (C=O) groups is 1. The normalized spacial score (nSPS) is 22.6. The molecule has 1 N–H and O–H groups in total. The van der Waals surface area contributed by atoms with Gasteiger partial charge in [-0.15, -0.1) is 0 Å². The summed E-state index contributed by atoms with van der Waals surface area (Å²) in [6.07, 6.45) is 0.490. The molecule has 1 aromatic heterocycles. The second-order valence-corrected chi connectivity index (χ2v) is 11.1. The maximum atomic E-state index is 12.4. The van der Waals surface area contributed by atoms with Crippen molar-refractivity contribution in [1.29, 1.82) is 0 Å². The molecule has 1 aromatic rings. The molecule has 3 heterocycles. The smallest absolute Gasteiger partial charge is 0.317 e. The minimum Gasteiger partial charge on any atom is -0.334 e. The van der Waals surface area contributed by atoms with Crippen LogP contribution in [0.1, 0.15) is 32.9 Å². The lowest BCUT2D eigenvalue weighted by Gasteiger charge is -2.35. The van der Waals surface area contributed by atoms with E-state index >= 15 is 0 Å². The molecule has 1 unspecified atom stereocenters. The summed E-state index contributed by atoms with van der Waals surface area (Å²) in [6.45, 7) is 9.98. The molecule has 0 radical (unpaired) electrons. The molecule has 0 aromatic carbocycles. The lowest BCUT2D eigenvalue weighted by atomic mass is 9.92. The summed E-state index contributed by atoms with van der Waals surface area (Å²) in [5.41, 5.74) is 0.655. The maximum Gasteiger partial charge on any atom is 0.317 e. The van der Waals surface area contributed by atoms with Crippen molar-refractivity contribution in [2.75, 3.05) is 44.2 Å². The second kappa shape index (κ2) is 8.43. The predicted molar refractivity (Wildman–Crippen MR) is 111 cm³/mol. The van der Waals surface area contributed by atoms with E-state index in [1.165, 1.54) is 4.68 Å². The van der Waals surface area contributed by atoms with E-state index in [2.05, 4.69) is 36.1 Å². The first-order valence-electron chi connectivity index (χ1n) is 10.1. The molecular weight excluding hydrogens is 394 g/mol. The van der Waals surface area contributed by atoms with E-state index in [-0.39, 0.29) is 34.6 Å². The van der Waals surface area contributed by atoms with Crippen molar-refractivity contribution in [3.05, 3.63) is 28.2 Å². The molecule has 0 bridgehead atoms. The Kier molecular flexibility index (Phi) is 6.33. The molecular formula is C19H31N5O4S. The monoisotopic (exact) mass is 425 g/mol. The van der Waals surface area contributed by atoms with Crippen LogP contribution in [0.5, 0.6) is 0 Å². The molecule has 2 saturated heterocycles. The number of urea groups is 1. The van der Waals surface area contributed by atoms with Gasteiger partial charge in [0.05, 0.1) is 23.7 Å². The summed E-state index contributed by atoms with van der Waals surface area (Å²) in [5.74, 6) is 0.184. The van der Waals surface area contributed by atoms with Gasteiger partial charge in [-0.05, 0) is 12.5 Å². The summed E-state index contributed by atoms with van der Waals surface area (Å²) in [7, 11) is -3.01. The number of carbonyl (C=O) groups excluding carboxylic acids is 1. The quantitative estimate of drug-likeness (QED) is 0.731. The van der Waals surface area contributed by atoms with E-state index in [4.69, 9.17) is 0 Å². The summed E-state index contributed by atoms with van der Waals surface area (Å²) in [6, 6.07) is 2.88. The number of aromatic nitrogens is 2. The number of hydrogen-bond donors (Lipinski definition) is 1. The highest BCUT2D eigenvalue weighted by atomic mass is 32.2. The van der Waals surface area contributed by atoms with Crippen LogP contribution < -0.4 is 10.9 Å². The molecule has 1 atom stereocenters. The highest BCUT2D eigenvalue weighted by molar-refractivity contribution is 7.91. The Bertz CT molecular complexity index is 898. The highest BCUT2D eigenvalue weighted by Gasteiger charge is 2.31. The van der Waals surface area contributed by atoms with Crippen LogP contribution in [0.15, 0.2) is 16.9 Å². The molecule has 2 aliphatic heterocycles. The molecule has 29 heavy (non-hydrogen) atoms. The Morgan fingerprint density at radius 3 is 2.45 bits per heavy atom. The van der Waals surface area contributed by atoms with Gasteiger partial charge in [0.2, 0.25) is 0 Å². The van der Waals surface area contributed by atoms with Crippen LogP contribution in [0.2, 0.25) is 0 Å². The van der Waals surface area contributed by atoms with Gasteiger partial charge in [-0.3, -0.25) is 9.69 Å². The largest absolute Gasteiger partial charge is 0.334 e. The minimum absolute atomic E-state index is 0.0358. The Morgan fingerprint density at radius 2 is 1.86 bits per heavy atom. The van der Waals surface area contributed by atoms with Gasteiger partial charge in [-0.25, -0.2) is 17.9 Å². The zero-order chi connectivity index (χ0) is 21.2. The molecule has 2 amide bonds. The highest BCUT2D eigenvalue weighted by Crippen LogP contribution is 2.18. The van der Waals surface area contributed by atoms with Crippen LogP contribution in [0.3, 0.4) is 0 Å². The first kappa shape index (κ1) is 21.8. The molecule has 3 rings (SSSR count). The van der Waals surface area contributed by atoms with Gasteiger partial charge >= 0.3 is 6.03 Å². The summed E-state index contributed by atoms with van der Waals surface area (Å²) in [4.78, 5) is 28.4. The van der Waals surface area contributed by atoms with E-state index in [0.29, 0.717) is 45.7 Å². The van der Waals surface area contributed by atoms with Crippen molar-refractivity contribution in [2.45, 2.75) is 45.2 Å².